The third-order valence-electron chi connectivity index (χ3n) is 2.72. The van der Waals surface area contributed by atoms with Gasteiger partial charge in [0, 0.05) is 6.42 Å². The first-order valence-corrected chi connectivity index (χ1v) is 7.12. The van der Waals surface area contributed by atoms with Gasteiger partial charge in [-0.25, -0.2) is 4.79 Å². The number of ether oxygens (including phenoxy) is 2. The SMILES string of the molecule is CCOC(=O)CCCCCCCC(O)C(=O)OCC. The molecule has 19 heavy (non-hydrogen) atoms. The molecule has 0 heterocycles. The largest absolute Gasteiger partial charge is 0.466 e. The molecule has 0 amide bonds. The van der Waals surface area contributed by atoms with Crippen LogP contribution in [0.2, 0.25) is 0 Å². The first kappa shape index (κ1) is 17.9. The molecule has 0 fully saturated rings. The van der Waals surface area contributed by atoms with Crippen molar-refractivity contribution in [2.75, 3.05) is 13.2 Å². The summed E-state index contributed by atoms with van der Waals surface area (Å²) in [6, 6.07) is 0. The van der Waals surface area contributed by atoms with E-state index in [0.717, 1.165) is 32.1 Å². The lowest BCUT2D eigenvalue weighted by Crippen LogP contribution is -2.22. The molecule has 0 saturated heterocycles. The van der Waals surface area contributed by atoms with E-state index in [1.807, 2.05) is 0 Å². The number of aliphatic hydroxyl groups is 1. The van der Waals surface area contributed by atoms with Crippen molar-refractivity contribution in [1.82, 2.24) is 0 Å². The second-order valence-corrected chi connectivity index (χ2v) is 4.38. The van der Waals surface area contributed by atoms with Gasteiger partial charge in [-0.3, -0.25) is 4.79 Å². The molecule has 0 aromatic heterocycles. The fraction of sp³-hybridized carbons (Fsp3) is 0.857. The van der Waals surface area contributed by atoms with Crippen LogP contribution in [0.5, 0.6) is 0 Å². The Balaban J connectivity index is 3.35. The number of esters is 2. The molecule has 0 aliphatic heterocycles. The van der Waals surface area contributed by atoms with Crippen molar-refractivity contribution in [3.05, 3.63) is 0 Å². The summed E-state index contributed by atoms with van der Waals surface area (Å²) in [5, 5.41) is 9.45. The number of rotatable bonds is 11. The molecule has 0 saturated carbocycles. The van der Waals surface area contributed by atoms with Crippen LogP contribution in [0.25, 0.3) is 0 Å². The smallest absolute Gasteiger partial charge is 0.334 e. The molecule has 0 aromatic carbocycles. The quantitative estimate of drug-likeness (QED) is 0.462. The van der Waals surface area contributed by atoms with Gasteiger partial charge in [0.2, 0.25) is 0 Å². The van der Waals surface area contributed by atoms with Gasteiger partial charge >= 0.3 is 11.9 Å². The average molecular weight is 274 g/mol. The molecule has 0 aliphatic rings. The predicted molar refractivity (Wildman–Crippen MR) is 71.6 cm³/mol. The molecule has 1 unspecified atom stereocenters. The van der Waals surface area contributed by atoms with Gasteiger partial charge in [-0.1, -0.05) is 25.7 Å². The zero-order chi connectivity index (χ0) is 14.5. The van der Waals surface area contributed by atoms with Gasteiger partial charge in [0.05, 0.1) is 13.2 Å². The third-order valence-corrected chi connectivity index (χ3v) is 2.72. The van der Waals surface area contributed by atoms with Crippen molar-refractivity contribution in [3.8, 4) is 0 Å². The van der Waals surface area contributed by atoms with Gasteiger partial charge in [0.25, 0.3) is 0 Å². The third kappa shape index (κ3) is 10.5. The minimum absolute atomic E-state index is 0.139. The fourth-order valence-corrected chi connectivity index (χ4v) is 1.73. The normalized spacial score (nSPS) is 11.9. The number of aliphatic hydroxyl groups excluding tert-OH is 1. The molecule has 1 N–H and O–H groups in total. The zero-order valence-electron chi connectivity index (χ0n) is 12.0. The molecule has 0 radical (unpaired) electrons. The highest BCUT2D eigenvalue weighted by molar-refractivity contribution is 5.74. The second kappa shape index (κ2) is 12.0. The van der Waals surface area contributed by atoms with Crippen LogP contribution < -0.4 is 0 Å². The van der Waals surface area contributed by atoms with E-state index in [9.17, 15) is 14.7 Å². The summed E-state index contributed by atoms with van der Waals surface area (Å²) in [6.45, 7) is 4.25. The molecule has 0 bridgehead atoms. The van der Waals surface area contributed by atoms with E-state index in [-0.39, 0.29) is 5.97 Å². The van der Waals surface area contributed by atoms with Crippen LogP contribution >= 0.6 is 0 Å². The summed E-state index contributed by atoms with van der Waals surface area (Å²) >= 11 is 0. The van der Waals surface area contributed by atoms with Gasteiger partial charge < -0.3 is 14.6 Å². The van der Waals surface area contributed by atoms with Crippen molar-refractivity contribution < 1.29 is 24.2 Å². The van der Waals surface area contributed by atoms with Crippen LogP contribution in [0, 0.1) is 0 Å². The highest BCUT2D eigenvalue weighted by Crippen LogP contribution is 2.10. The van der Waals surface area contributed by atoms with Gasteiger partial charge in [0.1, 0.15) is 0 Å². The summed E-state index contributed by atoms with van der Waals surface area (Å²) in [7, 11) is 0. The van der Waals surface area contributed by atoms with Crippen molar-refractivity contribution in [1.29, 1.82) is 0 Å². The Kier molecular flexibility index (Phi) is 11.3. The van der Waals surface area contributed by atoms with Crippen LogP contribution in [0.1, 0.15) is 58.8 Å². The van der Waals surface area contributed by atoms with E-state index in [1.165, 1.54) is 0 Å². The second-order valence-electron chi connectivity index (χ2n) is 4.38. The Labute approximate surface area is 115 Å². The maximum atomic E-state index is 11.1. The van der Waals surface area contributed by atoms with Crippen LogP contribution in [0.4, 0.5) is 0 Å². The molecule has 0 aromatic rings. The van der Waals surface area contributed by atoms with Crippen molar-refractivity contribution >= 4 is 11.9 Å². The Morgan fingerprint density at radius 2 is 1.53 bits per heavy atom. The van der Waals surface area contributed by atoms with Crippen LogP contribution in [0.15, 0.2) is 0 Å². The minimum Gasteiger partial charge on any atom is -0.466 e. The topological polar surface area (TPSA) is 72.8 Å². The molecule has 112 valence electrons. The van der Waals surface area contributed by atoms with Crippen LogP contribution in [-0.2, 0) is 19.1 Å². The number of hydrogen-bond donors (Lipinski definition) is 1. The Hall–Kier alpha value is -1.10. The van der Waals surface area contributed by atoms with Crippen molar-refractivity contribution in [2.24, 2.45) is 0 Å². The molecular weight excluding hydrogens is 248 g/mol. The number of carbonyl (C=O) groups excluding carboxylic acids is 2. The first-order valence-electron chi connectivity index (χ1n) is 7.12. The lowest BCUT2D eigenvalue weighted by atomic mass is 10.1. The molecule has 1 atom stereocenters. The van der Waals surface area contributed by atoms with Crippen molar-refractivity contribution in [2.45, 2.75) is 64.9 Å². The fourth-order valence-electron chi connectivity index (χ4n) is 1.73. The van der Waals surface area contributed by atoms with E-state index in [2.05, 4.69) is 0 Å². The Morgan fingerprint density at radius 1 is 0.947 bits per heavy atom. The molecule has 0 rings (SSSR count). The monoisotopic (exact) mass is 274 g/mol. The van der Waals surface area contributed by atoms with Gasteiger partial charge in [-0.2, -0.15) is 0 Å². The first-order chi connectivity index (χ1) is 9.11. The minimum atomic E-state index is -1.00. The van der Waals surface area contributed by atoms with Gasteiger partial charge in [0.15, 0.2) is 6.10 Å². The summed E-state index contributed by atoms with van der Waals surface area (Å²) in [4.78, 5) is 22.2. The maximum absolute atomic E-state index is 11.1. The van der Waals surface area contributed by atoms with E-state index in [4.69, 9.17) is 9.47 Å². The molecule has 5 nitrogen and oxygen atoms in total. The van der Waals surface area contributed by atoms with E-state index in [0.29, 0.717) is 26.1 Å². The van der Waals surface area contributed by atoms with E-state index in [1.54, 1.807) is 13.8 Å². The molecule has 0 aliphatic carbocycles. The molecule has 0 spiro atoms. The van der Waals surface area contributed by atoms with Gasteiger partial charge in [-0.15, -0.1) is 0 Å². The van der Waals surface area contributed by atoms with Crippen molar-refractivity contribution in [3.63, 3.8) is 0 Å². The number of unbranched alkanes of at least 4 members (excludes halogenated alkanes) is 4. The predicted octanol–water partition coefficient (Wildman–Crippen LogP) is 2.20. The Morgan fingerprint density at radius 3 is 2.16 bits per heavy atom. The average Bonchev–Trinajstić information content (AvgIpc) is 2.38. The molecular formula is C14H26O5. The van der Waals surface area contributed by atoms with E-state index < -0.39 is 12.1 Å². The lowest BCUT2D eigenvalue weighted by molar-refractivity contribution is -0.153. The van der Waals surface area contributed by atoms with Crippen LogP contribution in [-0.4, -0.2) is 36.4 Å². The van der Waals surface area contributed by atoms with Gasteiger partial charge in [-0.05, 0) is 26.7 Å². The van der Waals surface area contributed by atoms with E-state index >= 15 is 0 Å². The summed E-state index contributed by atoms with van der Waals surface area (Å²) < 4.78 is 9.54. The summed E-state index contributed by atoms with van der Waals surface area (Å²) in [5.74, 6) is -0.676. The number of hydrogen-bond acceptors (Lipinski definition) is 5. The Bertz CT molecular complexity index is 252. The highest BCUT2D eigenvalue weighted by atomic mass is 16.5. The lowest BCUT2D eigenvalue weighted by Gasteiger charge is -2.09. The highest BCUT2D eigenvalue weighted by Gasteiger charge is 2.14. The summed E-state index contributed by atoms with van der Waals surface area (Å²) in [5.41, 5.74) is 0. The van der Waals surface area contributed by atoms with Crippen LogP contribution in [0.3, 0.4) is 0 Å². The maximum Gasteiger partial charge on any atom is 0.334 e. The number of carbonyl (C=O) groups is 2. The molecule has 5 heteroatoms. The summed E-state index contributed by atoms with van der Waals surface area (Å²) in [6.07, 6.45) is 4.44. The zero-order valence-corrected chi connectivity index (χ0v) is 12.0. The standard InChI is InChI=1S/C14H26O5/c1-3-18-13(16)11-9-7-5-6-8-10-12(15)14(17)19-4-2/h12,15H,3-11H2,1-2H3.